The Labute approximate surface area is 145 Å². The molecular weight excluding hydrogens is 327 g/mol. The van der Waals surface area contributed by atoms with Crippen molar-refractivity contribution in [1.29, 1.82) is 0 Å². The number of hydrogen-bond acceptors (Lipinski definition) is 3. The maximum absolute atomic E-state index is 13.2. The molecule has 0 N–H and O–H groups in total. The third kappa shape index (κ3) is 2.42. The van der Waals surface area contributed by atoms with Gasteiger partial charge < -0.3 is 9.80 Å². The number of nitrogens with zero attached hydrogens (tertiary/aromatic N) is 2. The molecule has 4 rings (SSSR count). The summed E-state index contributed by atoms with van der Waals surface area (Å²) >= 11 is 1.72. The second-order valence-electron chi connectivity index (χ2n) is 7.01. The van der Waals surface area contributed by atoms with Gasteiger partial charge in [-0.15, -0.1) is 11.8 Å². The third-order valence-corrected chi connectivity index (χ3v) is 7.03. The Morgan fingerprint density at radius 1 is 1.33 bits per heavy atom. The largest absolute Gasteiger partial charge is 0.334 e. The number of benzene rings is 1. The Kier molecular flexibility index (Phi) is 3.82. The van der Waals surface area contributed by atoms with Crippen molar-refractivity contribution in [3.05, 3.63) is 35.6 Å². The van der Waals surface area contributed by atoms with Gasteiger partial charge in [0, 0.05) is 18.7 Å². The van der Waals surface area contributed by atoms with E-state index < -0.39 is 0 Å². The lowest BCUT2D eigenvalue weighted by Crippen LogP contribution is -2.51. The van der Waals surface area contributed by atoms with Gasteiger partial charge in [-0.1, -0.05) is 12.1 Å². The number of rotatable bonds is 2. The minimum absolute atomic E-state index is 0.00680. The molecule has 0 spiro atoms. The van der Waals surface area contributed by atoms with Gasteiger partial charge in [0.05, 0.1) is 10.9 Å². The molecule has 3 aliphatic rings. The number of fused-ring (bicyclic) bond motifs is 1. The van der Waals surface area contributed by atoms with E-state index in [1.165, 1.54) is 12.1 Å². The predicted octanol–water partition coefficient (Wildman–Crippen LogP) is 2.94. The van der Waals surface area contributed by atoms with Gasteiger partial charge in [0.15, 0.2) is 0 Å². The minimum atomic E-state index is -0.351. The fraction of sp³-hybridized carbons (Fsp3) is 0.556. The van der Waals surface area contributed by atoms with Gasteiger partial charge >= 0.3 is 0 Å². The number of carbonyl (C=O) groups is 2. The molecule has 3 saturated heterocycles. The zero-order valence-corrected chi connectivity index (χ0v) is 14.5. The molecule has 1 aromatic rings. The molecule has 1 aromatic carbocycles. The lowest BCUT2D eigenvalue weighted by molar-refractivity contribution is -0.144. The summed E-state index contributed by atoms with van der Waals surface area (Å²) in [6.07, 6.45) is 3.19. The molecule has 24 heavy (non-hydrogen) atoms. The molecule has 2 amide bonds. The first-order valence-corrected chi connectivity index (χ1v) is 9.50. The molecule has 3 heterocycles. The average Bonchev–Trinajstić information content (AvgIpc) is 3.24. The Hall–Kier alpha value is -1.56. The Balaban J connectivity index is 1.57. The van der Waals surface area contributed by atoms with Crippen LogP contribution in [-0.2, 0) is 9.59 Å². The third-order valence-electron chi connectivity index (χ3n) is 5.52. The number of likely N-dealkylation sites (tertiary alicyclic amines) is 1. The molecule has 0 unspecified atom stereocenters. The van der Waals surface area contributed by atoms with Crippen LogP contribution in [0.2, 0.25) is 0 Å². The maximum Gasteiger partial charge on any atom is 0.246 e. The Morgan fingerprint density at radius 3 is 2.83 bits per heavy atom. The maximum atomic E-state index is 13.2. The van der Waals surface area contributed by atoms with E-state index in [1.807, 2.05) is 9.80 Å². The molecule has 0 radical (unpaired) electrons. The summed E-state index contributed by atoms with van der Waals surface area (Å²) in [7, 11) is 0. The summed E-state index contributed by atoms with van der Waals surface area (Å²) in [6, 6.07) is 6.06. The van der Waals surface area contributed by atoms with Crippen molar-refractivity contribution in [3.8, 4) is 0 Å². The summed E-state index contributed by atoms with van der Waals surface area (Å²) in [4.78, 5) is 29.0. The molecular formula is C18H21FN2O2S. The van der Waals surface area contributed by atoms with Gasteiger partial charge in [-0.25, -0.2) is 4.39 Å². The number of amides is 2. The van der Waals surface area contributed by atoms with Crippen LogP contribution in [-0.4, -0.2) is 44.8 Å². The van der Waals surface area contributed by atoms with E-state index >= 15 is 0 Å². The van der Waals surface area contributed by atoms with E-state index in [-0.39, 0.29) is 34.6 Å². The summed E-state index contributed by atoms with van der Waals surface area (Å²) < 4.78 is 13.2. The number of hydrogen-bond donors (Lipinski definition) is 0. The fourth-order valence-corrected chi connectivity index (χ4v) is 5.68. The normalized spacial score (nSPS) is 32.5. The van der Waals surface area contributed by atoms with Gasteiger partial charge in [-0.2, -0.15) is 0 Å². The zero-order chi connectivity index (χ0) is 16.9. The standard InChI is InChI=1S/C18H21FN2O2S/c1-18-9-8-16(22)21(18)15(11-24-18)17(23)20-10-2-3-14(20)12-4-6-13(19)7-5-12/h4-7,14-15H,2-3,8-11H2,1H3/t14-,15+,18-/m0/s1. The van der Waals surface area contributed by atoms with Gasteiger partial charge in [-0.05, 0) is 43.9 Å². The van der Waals surface area contributed by atoms with Gasteiger partial charge in [-0.3, -0.25) is 9.59 Å². The van der Waals surface area contributed by atoms with Crippen LogP contribution in [0.4, 0.5) is 4.39 Å². The number of thioether (sulfide) groups is 1. The zero-order valence-electron chi connectivity index (χ0n) is 13.7. The van der Waals surface area contributed by atoms with E-state index in [2.05, 4.69) is 6.92 Å². The molecule has 0 aliphatic carbocycles. The highest BCUT2D eigenvalue weighted by Crippen LogP contribution is 2.48. The van der Waals surface area contributed by atoms with Crippen LogP contribution < -0.4 is 0 Å². The van der Waals surface area contributed by atoms with E-state index in [4.69, 9.17) is 0 Å². The molecule has 0 aromatic heterocycles. The van der Waals surface area contributed by atoms with Crippen LogP contribution in [0, 0.1) is 5.82 Å². The van der Waals surface area contributed by atoms with Crippen LogP contribution >= 0.6 is 11.8 Å². The molecule has 3 aliphatic heterocycles. The Morgan fingerprint density at radius 2 is 2.08 bits per heavy atom. The van der Waals surface area contributed by atoms with Crippen molar-refractivity contribution in [3.63, 3.8) is 0 Å². The van der Waals surface area contributed by atoms with Crippen LogP contribution in [0.1, 0.15) is 44.2 Å². The van der Waals surface area contributed by atoms with Crippen LogP contribution in [0.3, 0.4) is 0 Å². The molecule has 3 atom stereocenters. The number of carbonyl (C=O) groups excluding carboxylic acids is 2. The summed E-state index contributed by atoms with van der Waals surface area (Å²) in [6.45, 7) is 2.78. The first-order valence-electron chi connectivity index (χ1n) is 8.52. The van der Waals surface area contributed by atoms with E-state index in [1.54, 1.807) is 23.9 Å². The topological polar surface area (TPSA) is 40.6 Å². The van der Waals surface area contributed by atoms with E-state index in [0.29, 0.717) is 18.7 Å². The van der Waals surface area contributed by atoms with Gasteiger partial charge in [0.2, 0.25) is 11.8 Å². The summed E-state index contributed by atoms with van der Waals surface area (Å²) in [5.74, 6) is 0.556. The fourth-order valence-electron chi connectivity index (χ4n) is 4.26. The highest BCUT2D eigenvalue weighted by atomic mass is 32.2. The van der Waals surface area contributed by atoms with Crippen molar-refractivity contribution in [2.75, 3.05) is 12.3 Å². The highest BCUT2D eigenvalue weighted by molar-refractivity contribution is 8.01. The molecule has 4 nitrogen and oxygen atoms in total. The van der Waals surface area contributed by atoms with Crippen molar-refractivity contribution < 1.29 is 14.0 Å². The number of halogens is 1. The van der Waals surface area contributed by atoms with Crippen LogP contribution in [0.15, 0.2) is 24.3 Å². The van der Waals surface area contributed by atoms with Crippen molar-refractivity contribution in [2.45, 2.75) is 49.6 Å². The lowest BCUT2D eigenvalue weighted by atomic mass is 10.0. The monoisotopic (exact) mass is 348 g/mol. The molecule has 0 saturated carbocycles. The first-order chi connectivity index (χ1) is 11.5. The van der Waals surface area contributed by atoms with Crippen molar-refractivity contribution >= 4 is 23.6 Å². The minimum Gasteiger partial charge on any atom is -0.334 e. The van der Waals surface area contributed by atoms with Gasteiger partial charge in [0.25, 0.3) is 0 Å². The molecule has 3 fully saturated rings. The highest BCUT2D eigenvalue weighted by Gasteiger charge is 2.54. The quantitative estimate of drug-likeness (QED) is 0.825. The average molecular weight is 348 g/mol. The molecule has 6 heteroatoms. The van der Waals surface area contributed by atoms with Crippen molar-refractivity contribution in [2.24, 2.45) is 0 Å². The predicted molar refractivity (Wildman–Crippen MR) is 90.8 cm³/mol. The second kappa shape index (κ2) is 5.76. The van der Waals surface area contributed by atoms with E-state index in [0.717, 1.165) is 24.8 Å². The van der Waals surface area contributed by atoms with Crippen LogP contribution in [0.5, 0.6) is 0 Å². The smallest absolute Gasteiger partial charge is 0.246 e. The van der Waals surface area contributed by atoms with Gasteiger partial charge in [0.1, 0.15) is 11.9 Å². The SMILES string of the molecule is C[C@]12CCC(=O)N1[C@@H](C(=O)N1CCC[C@H]1c1ccc(F)cc1)CS2. The van der Waals surface area contributed by atoms with Crippen molar-refractivity contribution in [1.82, 2.24) is 9.80 Å². The summed E-state index contributed by atoms with van der Waals surface area (Å²) in [5.41, 5.74) is 0.975. The summed E-state index contributed by atoms with van der Waals surface area (Å²) in [5, 5.41) is 0. The molecule has 0 bridgehead atoms. The van der Waals surface area contributed by atoms with Crippen LogP contribution in [0.25, 0.3) is 0 Å². The second-order valence-corrected chi connectivity index (χ2v) is 8.51. The first kappa shape index (κ1) is 15.9. The van der Waals surface area contributed by atoms with E-state index in [9.17, 15) is 14.0 Å². The Bertz CT molecular complexity index is 680. The lowest BCUT2D eigenvalue weighted by Gasteiger charge is -2.34. The molecule has 128 valence electrons.